The Morgan fingerprint density at radius 2 is 2.15 bits per heavy atom. The van der Waals surface area contributed by atoms with Gasteiger partial charge in [0.15, 0.2) is 0 Å². The van der Waals surface area contributed by atoms with Gasteiger partial charge in [-0.3, -0.25) is 4.79 Å². The van der Waals surface area contributed by atoms with Crippen LogP contribution in [0.1, 0.15) is 32.8 Å². The zero-order valence-corrected chi connectivity index (χ0v) is 12.6. The largest absolute Gasteiger partial charge is 0.368 e. The van der Waals surface area contributed by atoms with E-state index in [2.05, 4.69) is 41.4 Å². The van der Waals surface area contributed by atoms with Gasteiger partial charge < -0.3 is 16.0 Å². The number of anilines is 1. The highest BCUT2D eigenvalue weighted by Crippen LogP contribution is 2.30. The van der Waals surface area contributed by atoms with Gasteiger partial charge >= 0.3 is 0 Å². The fraction of sp³-hybridized carbons (Fsp3) is 0.562. The third-order valence-electron chi connectivity index (χ3n) is 3.92. The van der Waals surface area contributed by atoms with Gasteiger partial charge in [-0.05, 0) is 31.4 Å². The van der Waals surface area contributed by atoms with Crippen LogP contribution in [0.25, 0.3) is 0 Å². The number of hydrogen-bond donors (Lipinski definition) is 2. The molecule has 2 unspecified atom stereocenters. The molecule has 0 radical (unpaired) electrons. The zero-order valence-electron chi connectivity index (χ0n) is 12.6. The number of benzene rings is 1. The van der Waals surface area contributed by atoms with Crippen molar-refractivity contribution in [2.45, 2.75) is 51.7 Å². The van der Waals surface area contributed by atoms with Gasteiger partial charge in [0.1, 0.15) is 6.04 Å². The second kappa shape index (κ2) is 6.27. The molecule has 1 aromatic rings. The van der Waals surface area contributed by atoms with Gasteiger partial charge in [-0.1, -0.05) is 32.0 Å². The van der Waals surface area contributed by atoms with Crippen molar-refractivity contribution >= 4 is 11.6 Å². The number of nitrogens with zero attached hydrogens (tertiary/aromatic N) is 1. The van der Waals surface area contributed by atoms with Crippen LogP contribution in [0.15, 0.2) is 24.3 Å². The lowest BCUT2D eigenvalue weighted by Gasteiger charge is -2.39. The zero-order chi connectivity index (χ0) is 14.7. The second-order valence-corrected chi connectivity index (χ2v) is 5.95. The van der Waals surface area contributed by atoms with Crippen LogP contribution in [0, 0.1) is 0 Å². The first kappa shape index (κ1) is 14.9. The molecule has 0 saturated heterocycles. The van der Waals surface area contributed by atoms with E-state index in [1.54, 1.807) is 0 Å². The van der Waals surface area contributed by atoms with Crippen LogP contribution in [0.3, 0.4) is 0 Å². The Balaban J connectivity index is 2.20. The molecule has 0 bridgehead atoms. The minimum atomic E-state index is -0.316. The molecular formula is C16H25N3O. The van der Waals surface area contributed by atoms with E-state index in [9.17, 15) is 4.79 Å². The van der Waals surface area contributed by atoms with Gasteiger partial charge in [-0.25, -0.2) is 0 Å². The highest BCUT2D eigenvalue weighted by atomic mass is 16.1. The molecule has 0 aliphatic carbocycles. The fourth-order valence-electron chi connectivity index (χ4n) is 2.86. The van der Waals surface area contributed by atoms with Crippen LogP contribution in [-0.2, 0) is 11.2 Å². The van der Waals surface area contributed by atoms with E-state index in [4.69, 9.17) is 5.73 Å². The Bertz CT molecular complexity index is 473. The Morgan fingerprint density at radius 1 is 1.45 bits per heavy atom. The summed E-state index contributed by atoms with van der Waals surface area (Å²) in [5.41, 5.74) is 8.14. The Labute approximate surface area is 121 Å². The minimum absolute atomic E-state index is 0.239. The number of para-hydroxylation sites is 1. The standard InChI is InChI=1S/C16H25N3O/c1-11(2)18-14(16(17)20)10-19-12(3)8-9-13-6-4-5-7-15(13)19/h4-7,11-12,14,18H,8-10H2,1-3H3,(H2,17,20). The van der Waals surface area contributed by atoms with E-state index in [1.165, 1.54) is 11.3 Å². The summed E-state index contributed by atoms with van der Waals surface area (Å²) < 4.78 is 0. The number of primary amides is 1. The van der Waals surface area contributed by atoms with Crippen LogP contribution in [-0.4, -0.2) is 30.6 Å². The van der Waals surface area contributed by atoms with Crippen molar-refractivity contribution in [3.05, 3.63) is 29.8 Å². The van der Waals surface area contributed by atoms with Crippen molar-refractivity contribution in [3.63, 3.8) is 0 Å². The monoisotopic (exact) mass is 275 g/mol. The molecule has 1 amide bonds. The summed E-state index contributed by atoms with van der Waals surface area (Å²) in [5, 5.41) is 3.26. The topological polar surface area (TPSA) is 58.4 Å². The number of nitrogens with two attached hydrogens (primary N) is 1. The van der Waals surface area contributed by atoms with E-state index < -0.39 is 0 Å². The molecule has 0 fully saturated rings. The summed E-state index contributed by atoms with van der Waals surface area (Å²) in [6.45, 7) is 6.90. The molecule has 1 aliphatic heterocycles. The van der Waals surface area contributed by atoms with E-state index in [0.29, 0.717) is 12.6 Å². The minimum Gasteiger partial charge on any atom is -0.368 e. The maximum absolute atomic E-state index is 11.7. The van der Waals surface area contributed by atoms with Gasteiger partial charge in [-0.15, -0.1) is 0 Å². The van der Waals surface area contributed by atoms with Crippen LogP contribution in [0.2, 0.25) is 0 Å². The molecule has 0 saturated carbocycles. The van der Waals surface area contributed by atoms with Gasteiger partial charge in [0.05, 0.1) is 0 Å². The van der Waals surface area contributed by atoms with E-state index in [1.807, 2.05) is 13.8 Å². The summed E-state index contributed by atoms with van der Waals surface area (Å²) >= 11 is 0. The predicted octanol–water partition coefficient (Wildman–Crippen LogP) is 1.68. The lowest BCUT2D eigenvalue weighted by Crippen LogP contribution is -2.54. The van der Waals surface area contributed by atoms with Gasteiger partial charge in [0, 0.05) is 24.3 Å². The number of carbonyl (C=O) groups excluding carboxylic acids is 1. The maximum atomic E-state index is 11.7. The summed E-state index contributed by atoms with van der Waals surface area (Å²) in [7, 11) is 0. The molecule has 0 spiro atoms. The molecular weight excluding hydrogens is 250 g/mol. The van der Waals surface area contributed by atoms with Crippen molar-refractivity contribution in [3.8, 4) is 0 Å². The smallest absolute Gasteiger partial charge is 0.236 e. The van der Waals surface area contributed by atoms with E-state index in [0.717, 1.165) is 12.8 Å². The lowest BCUT2D eigenvalue weighted by atomic mass is 9.96. The molecule has 2 rings (SSSR count). The second-order valence-electron chi connectivity index (χ2n) is 5.95. The Kier molecular flexibility index (Phi) is 4.65. The summed E-state index contributed by atoms with van der Waals surface area (Å²) in [4.78, 5) is 14.0. The molecule has 110 valence electrons. The third-order valence-corrected chi connectivity index (χ3v) is 3.92. The van der Waals surface area contributed by atoms with E-state index >= 15 is 0 Å². The highest BCUT2D eigenvalue weighted by Gasteiger charge is 2.27. The number of amides is 1. The number of fused-ring (bicyclic) bond motifs is 1. The molecule has 2 atom stereocenters. The van der Waals surface area contributed by atoms with Crippen molar-refractivity contribution in [2.24, 2.45) is 5.73 Å². The Hall–Kier alpha value is -1.55. The summed E-state index contributed by atoms with van der Waals surface area (Å²) in [6.07, 6.45) is 2.22. The quantitative estimate of drug-likeness (QED) is 0.859. The van der Waals surface area contributed by atoms with Crippen LogP contribution < -0.4 is 16.0 Å². The maximum Gasteiger partial charge on any atom is 0.236 e. The molecule has 3 N–H and O–H groups in total. The summed E-state index contributed by atoms with van der Waals surface area (Å²) in [6, 6.07) is 8.79. The number of rotatable bonds is 5. The van der Waals surface area contributed by atoms with Crippen molar-refractivity contribution < 1.29 is 4.79 Å². The van der Waals surface area contributed by atoms with Gasteiger partial charge in [0.2, 0.25) is 5.91 Å². The molecule has 4 heteroatoms. The Morgan fingerprint density at radius 3 is 2.80 bits per heavy atom. The first-order valence-corrected chi connectivity index (χ1v) is 7.39. The normalized spacial score (nSPS) is 19.8. The van der Waals surface area contributed by atoms with Crippen LogP contribution in [0.5, 0.6) is 0 Å². The number of hydrogen-bond acceptors (Lipinski definition) is 3. The van der Waals surface area contributed by atoms with Crippen molar-refractivity contribution in [2.75, 3.05) is 11.4 Å². The fourth-order valence-corrected chi connectivity index (χ4v) is 2.86. The number of nitrogens with one attached hydrogen (secondary N) is 1. The first-order valence-electron chi connectivity index (χ1n) is 7.39. The molecule has 1 aliphatic rings. The average molecular weight is 275 g/mol. The average Bonchev–Trinajstić information content (AvgIpc) is 2.40. The highest BCUT2D eigenvalue weighted by molar-refractivity contribution is 5.81. The van der Waals surface area contributed by atoms with Crippen molar-refractivity contribution in [1.82, 2.24) is 5.32 Å². The number of aryl methyl sites for hydroxylation is 1. The lowest BCUT2D eigenvalue weighted by molar-refractivity contribution is -0.120. The van der Waals surface area contributed by atoms with Crippen LogP contribution in [0.4, 0.5) is 5.69 Å². The summed E-state index contributed by atoms with van der Waals surface area (Å²) in [5.74, 6) is -0.283. The molecule has 0 aromatic heterocycles. The molecule has 1 heterocycles. The van der Waals surface area contributed by atoms with E-state index in [-0.39, 0.29) is 18.0 Å². The molecule has 20 heavy (non-hydrogen) atoms. The third kappa shape index (κ3) is 3.31. The van der Waals surface area contributed by atoms with Gasteiger partial charge in [-0.2, -0.15) is 0 Å². The van der Waals surface area contributed by atoms with Crippen LogP contribution >= 0.6 is 0 Å². The first-order chi connectivity index (χ1) is 9.49. The van der Waals surface area contributed by atoms with Crippen molar-refractivity contribution in [1.29, 1.82) is 0 Å². The molecule has 1 aromatic carbocycles. The van der Waals surface area contributed by atoms with Gasteiger partial charge in [0.25, 0.3) is 0 Å². The number of carbonyl (C=O) groups is 1. The molecule has 4 nitrogen and oxygen atoms in total. The SMILES string of the molecule is CC(C)NC(CN1c2ccccc2CCC1C)C(N)=O. The predicted molar refractivity (Wildman–Crippen MR) is 82.8 cm³/mol.